The lowest BCUT2D eigenvalue weighted by atomic mass is 10.2. The number of ether oxygens (including phenoxy) is 1. The molecule has 126 valence electrons. The number of esters is 1. The number of rotatable bonds is 6. The van der Waals surface area contributed by atoms with Crippen molar-refractivity contribution >= 4 is 23.5 Å². The number of nitrogens with one attached hydrogen (secondary N) is 2. The molecule has 0 aliphatic heterocycles. The van der Waals surface area contributed by atoms with Gasteiger partial charge < -0.3 is 15.4 Å². The van der Waals surface area contributed by atoms with Crippen LogP contribution in [0, 0.1) is 6.92 Å². The Hall–Kier alpha value is -2.96. The zero-order chi connectivity index (χ0) is 17.5. The van der Waals surface area contributed by atoms with E-state index in [1.165, 1.54) is 7.11 Å². The summed E-state index contributed by atoms with van der Waals surface area (Å²) in [7, 11) is 1.32. The van der Waals surface area contributed by atoms with E-state index in [2.05, 4.69) is 20.6 Å². The maximum absolute atomic E-state index is 12.1. The SMILES string of the molecule is CCCNC(=O)c1cc(C)nc(Nc2ccccc2C(=O)OC)n1. The number of para-hydroxylation sites is 1. The van der Waals surface area contributed by atoms with Crippen LogP contribution < -0.4 is 10.6 Å². The lowest BCUT2D eigenvalue weighted by molar-refractivity contribution is 0.0601. The molecule has 0 atom stereocenters. The molecule has 0 unspecified atom stereocenters. The second-order valence-electron chi connectivity index (χ2n) is 5.14. The number of nitrogens with zero attached hydrogens (tertiary/aromatic N) is 2. The van der Waals surface area contributed by atoms with Gasteiger partial charge in [0, 0.05) is 12.2 Å². The minimum atomic E-state index is -0.466. The van der Waals surface area contributed by atoms with Crippen LogP contribution in [0.2, 0.25) is 0 Å². The molecule has 0 fully saturated rings. The molecule has 1 amide bonds. The molecule has 0 bridgehead atoms. The maximum atomic E-state index is 12.1. The van der Waals surface area contributed by atoms with Gasteiger partial charge in [-0.15, -0.1) is 0 Å². The third kappa shape index (κ3) is 4.28. The van der Waals surface area contributed by atoms with Gasteiger partial charge in [0.25, 0.3) is 5.91 Å². The van der Waals surface area contributed by atoms with Crippen molar-refractivity contribution in [3.8, 4) is 0 Å². The molecular weight excluding hydrogens is 308 g/mol. The highest BCUT2D eigenvalue weighted by Crippen LogP contribution is 2.20. The molecule has 0 saturated carbocycles. The summed E-state index contributed by atoms with van der Waals surface area (Å²) in [4.78, 5) is 32.4. The summed E-state index contributed by atoms with van der Waals surface area (Å²) < 4.78 is 4.76. The maximum Gasteiger partial charge on any atom is 0.339 e. The van der Waals surface area contributed by atoms with Crippen molar-refractivity contribution < 1.29 is 14.3 Å². The quantitative estimate of drug-likeness (QED) is 0.791. The molecule has 0 saturated heterocycles. The van der Waals surface area contributed by atoms with Crippen LogP contribution in [0.3, 0.4) is 0 Å². The van der Waals surface area contributed by atoms with Gasteiger partial charge >= 0.3 is 5.97 Å². The third-order valence-electron chi connectivity index (χ3n) is 3.20. The molecule has 2 N–H and O–H groups in total. The summed E-state index contributed by atoms with van der Waals surface area (Å²) in [5.41, 5.74) is 1.79. The molecular formula is C17H20N4O3. The standard InChI is InChI=1S/C17H20N4O3/c1-4-9-18-15(22)14-10-11(2)19-17(21-14)20-13-8-6-5-7-12(13)16(23)24-3/h5-8,10H,4,9H2,1-3H3,(H,18,22)(H,19,20,21). The van der Waals surface area contributed by atoms with Crippen LogP contribution in [0.1, 0.15) is 39.9 Å². The minimum Gasteiger partial charge on any atom is -0.465 e. The van der Waals surface area contributed by atoms with E-state index in [4.69, 9.17) is 4.74 Å². The topological polar surface area (TPSA) is 93.2 Å². The van der Waals surface area contributed by atoms with Crippen LogP contribution in [0.25, 0.3) is 0 Å². The largest absolute Gasteiger partial charge is 0.465 e. The van der Waals surface area contributed by atoms with E-state index in [1.807, 2.05) is 6.92 Å². The van der Waals surface area contributed by atoms with Crippen molar-refractivity contribution in [1.82, 2.24) is 15.3 Å². The smallest absolute Gasteiger partial charge is 0.339 e. The minimum absolute atomic E-state index is 0.244. The van der Waals surface area contributed by atoms with Gasteiger partial charge in [0.05, 0.1) is 18.4 Å². The fourth-order valence-corrected chi connectivity index (χ4v) is 2.07. The number of anilines is 2. The van der Waals surface area contributed by atoms with Crippen molar-refractivity contribution in [1.29, 1.82) is 0 Å². The highest BCUT2D eigenvalue weighted by molar-refractivity contribution is 5.96. The van der Waals surface area contributed by atoms with Gasteiger partial charge in [0.15, 0.2) is 0 Å². The van der Waals surface area contributed by atoms with Crippen LogP contribution in [-0.4, -0.2) is 35.5 Å². The molecule has 0 spiro atoms. The number of methoxy groups -OCH3 is 1. The summed E-state index contributed by atoms with van der Waals surface area (Å²) >= 11 is 0. The summed E-state index contributed by atoms with van der Waals surface area (Å²) in [6, 6.07) is 8.48. The van der Waals surface area contributed by atoms with Gasteiger partial charge in [-0.2, -0.15) is 0 Å². The highest BCUT2D eigenvalue weighted by Gasteiger charge is 2.14. The van der Waals surface area contributed by atoms with Crippen molar-refractivity contribution in [3.05, 3.63) is 47.3 Å². The van der Waals surface area contributed by atoms with Gasteiger partial charge in [0.1, 0.15) is 5.69 Å². The molecule has 2 rings (SSSR count). The average molecular weight is 328 g/mol. The number of carbonyl (C=O) groups is 2. The predicted molar refractivity (Wildman–Crippen MR) is 90.5 cm³/mol. The van der Waals surface area contributed by atoms with E-state index >= 15 is 0 Å². The fourth-order valence-electron chi connectivity index (χ4n) is 2.07. The van der Waals surface area contributed by atoms with Crippen LogP contribution in [0.15, 0.2) is 30.3 Å². The van der Waals surface area contributed by atoms with E-state index in [1.54, 1.807) is 37.3 Å². The first-order valence-corrected chi connectivity index (χ1v) is 7.63. The number of aryl methyl sites for hydroxylation is 1. The first kappa shape index (κ1) is 17.4. The Kier molecular flexibility index (Phi) is 5.83. The van der Waals surface area contributed by atoms with Crippen molar-refractivity contribution in [2.75, 3.05) is 19.0 Å². The second-order valence-corrected chi connectivity index (χ2v) is 5.14. The van der Waals surface area contributed by atoms with E-state index in [-0.39, 0.29) is 17.5 Å². The molecule has 2 aromatic rings. The molecule has 1 aromatic carbocycles. The van der Waals surface area contributed by atoms with Crippen LogP contribution in [-0.2, 0) is 4.74 Å². The Balaban J connectivity index is 2.29. The van der Waals surface area contributed by atoms with Crippen molar-refractivity contribution in [2.24, 2.45) is 0 Å². The number of hydrogen-bond acceptors (Lipinski definition) is 6. The van der Waals surface area contributed by atoms with E-state index < -0.39 is 5.97 Å². The summed E-state index contributed by atoms with van der Waals surface area (Å²) in [6.45, 7) is 4.33. The number of aromatic nitrogens is 2. The molecule has 24 heavy (non-hydrogen) atoms. The zero-order valence-electron chi connectivity index (χ0n) is 13.9. The Morgan fingerprint density at radius 3 is 2.67 bits per heavy atom. The van der Waals surface area contributed by atoms with Gasteiger partial charge in [-0.1, -0.05) is 19.1 Å². The van der Waals surface area contributed by atoms with E-state index in [9.17, 15) is 9.59 Å². The highest BCUT2D eigenvalue weighted by atomic mass is 16.5. The number of benzene rings is 1. The van der Waals surface area contributed by atoms with Crippen molar-refractivity contribution in [2.45, 2.75) is 20.3 Å². The summed E-state index contributed by atoms with van der Waals surface area (Å²) in [6.07, 6.45) is 0.841. The first-order chi connectivity index (χ1) is 11.5. The Morgan fingerprint density at radius 2 is 1.96 bits per heavy atom. The Bertz CT molecular complexity index is 746. The number of hydrogen-bond donors (Lipinski definition) is 2. The summed E-state index contributed by atoms with van der Waals surface area (Å²) in [5.74, 6) is -0.480. The zero-order valence-corrected chi connectivity index (χ0v) is 13.9. The lowest BCUT2D eigenvalue weighted by Crippen LogP contribution is -2.25. The predicted octanol–water partition coefficient (Wildman–Crippen LogP) is 2.46. The van der Waals surface area contributed by atoms with Crippen LogP contribution in [0.5, 0.6) is 0 Å². The van der Waals surface area contributed by atoms with Gasteiger partial charge in [-0.05, 0) is 31.5 Å². The molecule has 1 heterocycles. The molecule has 7 heteroatoms. The lowest BCUT2D eigenvalue weighted by Gasteiger charge is -2.11. The second kappa shape index (κ2) is 8.05. The van der Waals surface area contributed by atoms with Gasteiger partial charge in [0.2, 0.25) is 5.95 Å². The average Bonchev–Trinajstić information content (AvgIpc) is 2.59. The molecule has 1 aromatic heterocycles. The fraction of sp³-hybridized carbons (Fsp3) is 0.294. The Labute approximate surface area is 140 Å². The number of carbonyl (C=O) groups excluding carboxylic acids is 2. The molecule has 0 aliphatic carbocycles. The van der Waals surface area contributed by atoms with Crippen LogP contribution in [0.4, 0.5) is 11.6 Å². The van der Waals surface area contributed by atoms with E-state index in [0.717, 1.165) is 6.42 Å². The van der Waals surface area contributed by atoms with Gasteiger partial charge in [-0.25, -0.2) is 14.8 Å². The summed E-state index contributed by atoms with van der Waals surface area (Å²) in [5, 5.41) is 5.75. The molecule has 0 radical (unpaired) electrons. The monoisotopic (exact) mass is 328 g/mol. The molecule has 0 aliphatic rings. The van der Waals surface area contributed by atoms with Crippen molar-refractivity contribution in [3.63, 3.8) is 0 Å². The number of amides is 1. The van der Waals surface area contributed by atoms with Gasteiger partial charge in [-0.3, -0.25) is 4.79 Å². The Morgan fingerprint density at radius 1 is 1.21 bits per heavy atom. The third-order valence-corrected chi connectivity index (χ3v) is 3.20. The normalized spacial score (nSPS) is 10.1. The van der Waals surface area contributed by atoms with E-state index in [0.29, 0.717) is 23.5 Å². The molecule has 7 nitrogen and oxygen atoms in total. The first-order valence-electron chi connectivity index (χ1n) is 7.63. The van der Waals surface area contributed by atoms with Crippen LogP contribution >= 0.6 is 0 Å².